The molecule has 2 rings (SSSR count). The quantitative estimate of drug-likeness (QED) is 0.815. The molecule has 0 spiro atoms. The fourth-order valence-corrected chi connectivity index (χ4v) is 2.10. The van der Waals surface area contributed by atoms with Crippen molar-refractivity contribution < 1.29 is 14.6 Å². The Morgan fingerprint density at radius 1 is 1.71 bits per heavy atom. The molecule has 6 heteroatoms. The minimum atomic E-state index is -0.944. The average Bonchev–Trinajstić information content (AvgIpc) is 2.83. The third kappa shape index (κ3) is 2.41. The summed E-state index contributed by atoms with van der Waals surface area (Å²) in [6.45, 7) is 3.96. The number of carboxylic acid groups (broad SMARTS) is 1. The number of aromatic nitrogens is 2. The van der Waals surface area contributed by atoms with Crippen molar-refractivity contribution in [3.05, 3.63) is 11.3 Å². The topological polar surface area (TPSA) is 76.4 Å². The van der Waals surface area contributed by atoms with Gasteiger partial charge < -0.3 is 15.2 Å². The molecule has 0 radical (unpaired) electrons. The summed E-state index contributed by atoms with van der Waals surface area (Å²) < 4.78 is 6.86. The zero-order valence-electron chi connectivity index (χ0n) is 10.1. The van der Waals surface area contributed by atoms with Crippen molar-refractivity contribution in [3.8, 4) is 0 Å². The van der Waals surface area contributed by atoms with Crippen LogP contribution in [0.3, 0.4) is 0 Å². The van der Waals surface area contributed by atoms with E-state index in [1.54, 1.807) is 18.7 Å². The van der Waals surface area contributed by atoms with E-state index < -0.39 is 5.97 Å². The molecule has 1 aromatic rings. The summed E-state index contributed by atoms with van der Waals surface area (Å²) in [7, 11) is 1.74. The maximum absolute atomic E-state index is 11.1. The molecule has 1 fully saturated rings. The van der Waals surface area contributed by atoms with E-state index in [0.29, 0.717) is 17.4 Å². The number of carboxylic acids is 1. The smallest absolute Gasteiger partial charge is 0.341 e. The first kappa shape index (κ1) is 11.9. The summed E-state index contributed by atoms with van der Waals surface area (Å²) in [5, 5.41) is 16.4. The van der Waals surface area contributed by atoms with Crippen LogP contribution in [0.4, 0.5) is 5.82 Å². The summed E-state index contributed by atoms with van der Waals surface area (Å²) in [4.78, 5) is 11.1. The maximum Gasteiger partial charge on any atom is 0.341 e. The molecule has 1 unspecified atom stereocenters. The predicted octanol–water partition coefficient (Wildman–Crippen LogP) is 0.875. The van der Waals surface area contributed by atoms with Crippen molar-refractivity contribution in [1.82, 2.24) is 9.78 Å². The number of aryl methyl sites for hydroxylation is 2. The van der Waals surface area contributed by atoms with Crippen molar-refractivity contribution in [1.29, 1.82) is 0 Å². The molecule has 1 aromatic heterocycles. The lowest BCUT2D eigenvalue weighted by Crippen LogP contribution is -2.17. The van der Waals surface area contributed by atoms with Crippen molar-refractivity contribution >= 4 is 11.8 Å². The van der Waals surface area contributed by atoms with E-state index in [0.717, 1.165) is 26.2 Å². The Labute approximate surface area is 99.6 Å². The van der Waals surface area contributed by atoms with E-state index in [1.165, 1.54) is 0 Å². The van der Waals surface area contributed by atoms with Crippen LogP contribution in [0.5, 0.6) is 0 Å². The first-order chi connectivity index (χ1) is 8.09. The molecule has 2 N–H and O–H groups in total. The number of carbonyl (C=O) groups is 1. The van der Waals surface area contributed by atoms with E-state index >= 15 is 0 Å². The summed E-state index contributed by atoms with van der Waals surface area (Å²) in [5.41, 5.74) is 0.789. The van der Waals surface area contributed by atoms with Crippen LogP contribution in [0.2, 0.25) is 0 Å². The number of rotatable bonds is 4. The van der Waals surface area contributed by atoms with Gasteiger partial charge in [0.25, 0.3) is 0 Å². The molecule has 0 bridgehead atoms. The number of anilines is 1. The molecular weight excluding hydrogens is 222 g/mol. The molecule has 1 aliphatic heterocycles. The Hall–Kier alpha value is -1.56. The molecule has 0 aliphatic carbocycles. The van der Waals surface area contributed by atoms with Gasteiger partial charge in [0, 0.05) is 26.1 Å². The standard InChI is InChI=1S/C11H17N3O3/c1-7-9(11(15)16)10(14(2)13-7)12-5-8-3-4-17-6-8/h8,12H,3-6H2,1-2H3,(H,15,16). The Bertz CT molecular complexity index is 422. The van der Waals surface area contributed by atoms with Crippen LogP contribution < -0.4 is 5.32 Å². The summed E-state index contributed by atoms with van der Waals surface area (Å²) in [6.07, 6.45) is 1.02. The van der Waals surface area contributed by atoms with Crippen molar-refractivity contribution in [2.24, 2.45) is 13.0 Å². The van der Waals surface area contributed by atoms with Gasteiger partial charge in [-0.05, 0) is 13.3 Å². The molecular formula is C11H17N3O3. The largest absolute Gasteiger partial charge is 0.477 e. The van der Waals surface area contributed by atoms with Gasteiger partial charge in [0.15, 0.2) is 0 Å². The predicted molar refractivity (Wildman–Crippen MR) is 62.3 cm³/mol. The van der Waals surface area contributed by atoms with Gasteiger partial charge in [-0.3, -0.25) is 4.68 Å². The first-order valence-electron chi connectivity index (χ1n) is 5.68. The molecule has 2 heterocycles. The van der Waals surface area contributed by atoms with Gasteiger partial charge >= 0.3 is 5.97 Å². The lowest BCUT2D eigenvalue weighted by Gasteiger charge is -2.11. The highest BCUT2D eigenvalue weighted by molar-refractivity contribution is 5.94. The molecule has 0 saturated carbocycles. The van der Waals surface area contributed by atoms with Crippen LogP contribution in [-0.4, -0.2) is 40.6 Å². The van der Waals surface area contributed by atoms with Crippen LogP contribution in [0.15, 0.2) is 0 Å². The third-order valence-electron chi connectivity index (χ3n) is 3.02. The van der Waals surface area contributed by atoms with Gasteiger partial charge in [0.1, 0.15) is 11.4 Å². The molecule has 0 amide bonds. The Morgan fingerprint density at radius 2 is 2.47 bits per heavy atom. The van der Waals surface area contributed by atoms with E-state index in [-0.39, 0.29) is 5.56 Å². The Morgan fingerprint density at radius 3 is 3.06 bits per heavy atom. The second kappa shape index (κ2) is 4.75. The van der Waals surface area contributed by atoms with E-state index in [9.17, 15) is 4.79 Å². The lowest BCUT2D eigenvalue weighted by molar-refractivity contribution is 0.0697. The normalized spacial score (nSPS) is 19.5. The zero-order chi connectivity index (χ0) is 12.4. The Balaban J connectivity index is 2.11. The number of hydrogen-bond acceptors (Lipinski definition) is 4. The number of ether oxygens (including phenoxy) is 1. The second-order valence-corrected chi connectivity index (χ2v) is 4.35. The Kier molecular flexibility index (Phi) is 3.33. The number of hydrogen-bond donors (Lipinski definition) is 2. The van der Waals surface area contributed by atoms with Gasteiger partial charge in [-0.15, -0.1) is 0 Å². The van der Waals surface area contributed by atoms with Crippen LogP contribution in [0.1, 0.15) is 22.5 Å². The van der Waals surface area contributed by atoms with Crippen LogP contribution in [-0.2, 0) is 11.8 Å². The van der Waals surface area contributed by atoms with Gasteiger partial charge in [0.05, 0.1) is 12.3 Å². The first-order valence-corrected chi connectivity index (χ1v) is 5.68. The number of nitrogens with zero attached hydrogens (tertiary/aromatic N) is 2. The minimum absolute atomic E-state index is 0.256. The molecule has 1 aliphatic rings. The van der Waals surface area contributed by atoms with Crippen LogP contribution in [0.25, 0.3) is 0 Å². The van der Waals surface area contributed by atoms with Gasteiger partial charge in [-0.1, -0.05) is 0 Å². The van der Waals surface area contributed by atoms with E-state index in [2.05, 4.69) is 10.4 Å². The SMILES string of the molecule is Cc1nn(C)c(NCC2CCOC2)c1C(=O)O. The van der Waals surface area contributed by atoms with Gasteiger partial charge in [0.2, 0.25) is 0 Å². The van der Waals surface area contributed by atoms with E-state index in [1.807, 2.05) is 0 Å². The van der Waals surface area contributed by atoms with Crippen molar-refractivity contribution in [3.63, 3.8) is 0 Å². The van der Waals surface area contributed by atoms with Gasteiger partial charge in [-0.25, -0.2) is 4.79 Å². The molecule has 0 aromatic carbocycles. The van der Waals surface area contributed by atoms with E-state index in [4.69, 9.17) is 9.84 Å². The molecule has 1 atom stereocenters. The molecule has 1 saturated heterocycles. The molecule has 94 valence electrons. The molecule has 6 nitrogen and oxygen atoms in total. The average molecular weight is 239 g/mol. The highest BCUT2D eigenvalue weighted by Gasteiger charge is 2.21. The third-order valence-corrected chi connectivity index (χ3v) is 3.02. The summed E-state index contributed by atoms with van der Waals surface area (Å²) in [5.74, 6) is 0.0783. The fraction of sp³-hybridized carbons (Fsp3) is 0.636. The van der Waals surface area contributed by atoms with Gasteiger partial charge in [-0.2, -0.15) is 5.10 Å². The molecule has 17 heavy (non-hydrogen) atoms. The highest BCUT2D eigenvalue weighted by Crippen LogP contribution is 2.20. The van der Waals surface area contributed by atoms with Crippen molar-refractivity contribution in [2.75, 3.05) is 25.1 Å². The van der Waals surface area contributed by atoms with Crippen LogP contribution >= 0.6 is 0 Å². The summed E-state index contributed by atoms with van der Waals surface area (Å²) >= 11 is 0. The number of nitrogens with one attached hydrogen (secondary N) is 1. The van der Waals surface area contributed by atoms with Crippen LogP contribution in [0, 0.1) is 12.8 Å². The minimum Gasteiger partial charge on any atom is -0.477 e. The maximum atomic E-state index is 11.1. The summed E-state index contributed by atoms with van der Waals surface area (Å²) in [6, 6.07) is 0. The fourth-order valence-electron chi connectivity index (χ4n) is 2.10. The zero-order valence-corrected chi connectivity index (χ0v) is 10.1. The van der Waals surface area contributed by atoms with Crippen molar-refractivity contribution in [2.45, 2.75) is 13.3 Å². The lowest BCUT2D eigenvalue weighted by atomic mass is 10.1. The second-order valence-electron chi connectivity index (χ2n) is 4.35. The number of aromatic carboxylic acids is 1. The highest BCUT2D eigenvalue weighted by atomic mass is 16.5. The monoisotopic (exact) mass is 239 g/mol.